The highest BCUT2D eigenvalue weighted by Crippen LogP contribution is 2.18. The number of morpholine rings is 1. The first-order chi connectivity index (χ1) is 9.45. The van der Waals surface area contributed by atoms with Gasteiger partial charge in [-0.25, -0.2) is 4.39 Å². The van der Waals surface area contributed by atoms with Gasteiger partial charge >= 0.3 is 5.97 Å². The number of rotatable bonds is 3. The molecule has 1 saturated heterocycles. The number of aliphatic carboxylic acids is 1. The maximum Gasteiger partial charge on any atom is 0.306 e. The Balaban J connectivity index is 2.10. The molecule has 2 rings (SSSR count). The van der Waals surface area contributed by atoms with Crippen LogP contribution in [-0.2, 0) is 9.53 Å². The summed E-state index contributed by atoms with van der Waals surface area (Å²) in [7, 11) is 0. The molecule has 1 aliphatic heterocycles. The van der Waals surface area contributed by atoms with Crippen molar-refractivity contribution in [1.82, 2.24) is 4.90 Å². The molecular weight excluding hydrogens is 333 g/mol. The average molecular weight is 346 g/mol. The van der Waals surface area contributed by atoms with Gasteiger partial charge in [0.15, 0.2) is 0 Å². The maximum atomic E-state index is 13.3. The Morgan fingerprint density at radius 3 is 2.85 bits per heavy atom. The molecule has 0 bridgehead atoms. The minimum Gasteiger partial charge on any atom is -0.481 e. The third-order valence-electron chi connectivity index (χ3n) is 2.94. The molecule has 20 heavy (non-hydrogen) atoms. The lowest BCUT2D eigenvalue weighted by atomic mass is 10.1. The Labute approximate surface area is 123 Å². The topological polar surface area (TPSA) is 66.8 Å². The van der Waals surface area contributed by atoms with Gasteiger partial charge in [-0.1, -0.05) is 15.9 Å². The average Bonchev–Trinajstić information content (AvgIpc) is 2.36. The minimum atomic E-state index is -0.974. The van der Waals surface area contributed by atoms with Gasteiger partial charge in [0.25, 0.3) is 5.91 Å². The highest BCUT2D eigenvalue weighted by atomic mass is 79.9. The van der Waals surface area contributed by atoms with Gasteiger partial charge < -0.3 is 14.7 Å². The van der Waals surface area contributed by atoms with Gasteiger partial charge in [0.05, 0.1) is 19.1 Å². The molecule has 1 atom stereocenters. The molecule has 1 aromatic rings. The number of hydrogen-bond donors (Lipinski definition) is 1. The van der Waals surface area contributed by atoms with Crippen molar-refractivity contribution in [2.24, 2.45) is 0 Å². The smallest absolute Gasteiger partial charge is 0.306 e. The van der Waals surface area contributed by atoms with Crippen molar-refractivity contribution >= 4 is 27.8 Å². The second-order valence-corrected chi connectivity index (χ2v) is 5.42. The zero-order chi connectivity index (χ0) is 14.7. The molecule has 1 fully saturated rings. The molecule has 108 valence electrons. The molecule has 1 N–H and O–H groups in total. The molecule has 1 unspecified atom stereocenters. The van der Waals surface area contributed by atoms with E-state index in [0.717, 1.165) is 6.07 Å². The summed E-state index contributed by atoms with van der Waals surface area (Å²) in [6, 6.07) is 3.96. The lowest BCUT2D eigenvalue weighted by Crippen LogP contribution is -2.46. The summed E-state index contributed by atoms with van der Waals surface area (Å²) < 4.78 is 19.1. The van der Waals surface area contributed by atoms with E-state index in [9.17, 15) is 14.0 Å². The van der Waals surface area contributed by atoms with Crippen LogP contribution >= 0.6 is 15.9 Å². The molecule has 5 nitrogen and oxygen atoms in total. The van der Waals surface area contributed by atoms with E-state index in [0.29, 0.717) is 11.0 Å². The number of amides is 1. The number of ether oxygens (including phenoxy) is 1. The van der Waals surface area contributed by atoms with Crippen LogP contribution < -0.4 is 0 Å². The summed E-state index contributed by atoms with van der Waals surface area (Å²) in [4.78, 5) is 24.4. The number of halogens is 2. The van der Waals surface area contributed by atoms with E-state index in [1.165, 1.54) is 17.0 Å². The second-order valence-electron chi connectivity index (χ2n) is 4.50. The Hall–Kier alpha value is -1.47. The first-order valence-corrected chi connectivity index (χ1v) is 6.84. The summed E-state index contributed by atoms with van der Waals surface area (Å²) in [5, 5.41) is 8.74. The molecular formula is C13H13BrFNO4. The predicted octanol–water partition coefficient (Wildman–Crippen LogP) is 1.90. The van der Waals surface area contributed by atoms with Crippen molar-refractivity contribution in [1.29, 1.82) is 0 Å². The summed E-state index contributed by atoms with van der Waals surface area (Å²) >= 11 is 3.14. The monoisotopic (exact) mass is 345 g/mol. The number of hydrogen-bond acceptors (Lipinski definition) is 3. The molecule has 0 spiro atoms. The first-order valence-electron chi connectivity index (χ1n) is 6.04. The van der Waals surface area contributed by atoms with Gasteiger partial charge in [-0.15, -0.1) is 0 Å². The summed E-state index contributed by atoms with van der Waals surface area (Å²) in [5.74, 6) is -1.81. The molecule has 0 aromatic heterocycles. The first kappa shape index (κ1) is 14.9. The van der Waals surface area contributed by atoms with Crippen LogP contribution in [0, 0.1) is 5.82 Å². The molecule has 1 aliphatic rings. The molecule has 7 heteroatoms. The summed E-state index contributed by atoms with van der Waals surface area (Å²) in [5.41, 5.74) is 0.229. The molecule has 0 radical (unpaired) electrons. The quantitative estimate of drug-likeness (QED) is 0.908. The van der Waals surface area contributed by atoms with Crippen molar-refractivity contribution in [3.8, 4) is 0 Å². The van der Waals surface area contributed by atoms with E-state index < -0.39 is 17.9 Å². The Bertz CT molecular complexity index is 517. The Kier molecular flexibility index (Phi) is 4.72. The van der Waals surface area contributed by atoms with Crippen molar-refractivity contribution in [3.05, 3.63) is 34.1 Å². The third-order valence-corrected chi connectivity index (χ3v) is 3.40. The van der Waals surface area contributed by atoms with Crippen LogP contribution in [0.5, 0.6) is 0 Å². The van der Waals surface area contributed by atoms with Crippen molar-refractivity contribution in [3.63, 3.8) is 0 Å². The highest BCUT2D eigenvalue weighted by Gasteiger charge is 2.26. The van der Waals surface area contributed by atoms with Crippen LogP contribution in [0.4, 0.5) is 4.39 Å². The SMILES string of the molecule is O=C(O)CC1CN(C(=O)c2cc(F)cc(Br)c2)CCO1. The largest absolute Gasteiger partial charge is 0.481 e. The molecule has 0 aliphatic carbocycles. The lowest BCUT2D eigenvalue weighted by molar-refractivity contribution is -0.141. The van der Waals surface area contributed by atoms with Crippen LogP contribution in [0.25, 0.3) is 0 Å². The van der Waals surface area contributed by atoms with Gasteiger partial charge in [-0.05, 0) is 18.2 Å². The van der Waals surface area contributed by atoms with Crippen molar-refractivity contribution in [2.45, 2.75) is 12.5 Å². The van der Waals surface area contributed by atoms with E-state index in [1.807, 2.05) is 0 Å². The van der Waals surface area contributed by atoms with Gasteiger partial charge in [0.2, 0.25) is 0 Å². The minimum absolute atomic E-state index is 0.156. The fourth-order valence-corrected chi connectivity index (χ4v) is 2.55. The summed E-state index contributed by atoms with van der Waals surface area (Å²) in [6.07, 6.45) is -0.682. The van der Waals surface area contributed by atoms with Gasteiger partial charge in [0, 0.05) is 23.1 Å². The predicted molar refractivity (Wildman–Crippen MR) is 72.0 cm³/mol. The number of carbonyl (C=O) groups excluding carboxylic acids is 1. The van der Waals surface area contributed by atoms with Crippen LogP contribution in [0.1, 0.15) is 16.8 Å². The van der Waals surface area contributed by atoms with Gasteiger partial charge in [0.1, 0.15) is 5.82 Å². The Morgan fingerprint density at radius 1 is 1.45 bits per heavy atom. The number of carboxylic acid groups (broad SMARTS) is 1. The van der Waals surface area contributed by atoms with Crippen molar-refractivity contribution in [2.75, 3.05) is 19.7 Å². The number of carbonyl (C=O) groups is 2. The summed E-state index contributed by atoms with van der Waals surface area (Å²) in [6.45, 7) is 0.836. The van der Waals surface area contributed by atoms with Crippen LogP contribution in [0.3, 0.4) is 0 Å². The number of nitrogens with zero attached hydrogens (tertiary/aromatic N) is 1. The molecule has 1 heterocycles. The molecule has 1 aromatic carbocycles. The van der Waals surface area contributed by atoms with E-state index in [-0.39, 0.29) is 31.0 Å². The number of carboxylic acids is 1. The lowest BCUT2D eigenvalue weighted by Gasteiger charge is -2.32. The Morgan fingerprint density at radius 2 is 2.20 bits per heavy atom. The second kappa shape index (κ2) is 6.32. The standard InChI is InChI=1S/C13H13BrFNO4/c14-9-3-8(4-10(15)5-9)13(19)16-1-2-20-11(7-16)6-12(17)18/h3-5,11H,1-2,6-7H2,(H,17,18). The van der Waals surface area contributed by atoms with Crippen LogP contribution in [-0.4, -0.2) is 47.7 Å². The zero-order valence-electron chi connectivity index (χ0n) is 10.5. The van der Waals surface area contributed by atoms with E-state index in [4.69, 9.17) is 9.84 Å². The normalized spacial score (nSPS) is 18.9. The third kappa shape index (κ3) is 3.77. The highest BCUT2D eigenvalue weighted by molar-refractivity contribution is 9.10. The van der Waals surface area contributed by atoms with Crippen LogP contribution in [0.15, 0.2) is 22.7 Å². The maximum absolute atomic E-state index is 13.3. The number of benzene rings is 1. The van der Waals surface area contributed by atoms with Gasteiger partial charge in [-0.2, -0.15) is 0 Å². The van der Waals surface area contributed by atoms with E-state index >= 15 is 0 Å². The fraction of sp³-hybridized carbons (Fsp3) is 0.385. The van der Waals surface area contributed by atoms with Crippen LogP contribution in [0.2, 0.25) is 0 Å². The molecule has 1 amide bonds. The van der Waals surface area contributed by atoms with E-state index in [1.54, 1.807) is 0 Å². The van der Waals surface area contributed by atoms with E-state index in [2.05, 4.69) is 15.9 Å². The van der Waals surface area contributed by atoms with Gasteiger partial charge in [-0.3, -0.25) is 9.59 Å². The molecule has 0 saturated carbocycles. The van der Waals surface area contributed by atoms with Crippen molar-refractivity contribution < 1.29 is 23.8 Å². The fourth-order valence-electron chi connectivity index (χ4n) is 2.08. The zero-order valence-corrected chi connectivity index (χ0v) is 12.1.